The van der Waals surface area contributed by atoms with Crippen LogP contribution in [0, 0.1) is 5.82 Å². The van der Waals surface area contributed by atoms with E-state index in [4.69, 9.17) is 11.6 Å². The van der Waals surface area contributed by atoms with Gasteiger partial charge in [-0.3, -0.25) is 0 Å². The predicted octanol–water partition coefficient (Wildman–Crippen LogP) is 2.98. The van der Waals surface area contributed by atoms with Gasteiger partial charge in [0.1, 0.15) is 29.0 Å². The summed E-state index contributed by atoms with van der Waals surface area (Å²) in [7, 11) is -2.02. The number of hydrogen-bond donors (Lipinski definition) is 0. The van der Waals surface area contributed by atoms with E-state index >= 15 is 0 Å². The zero-order chi connectivity index (χ0) is 19.4. The van der Waals surface area contributed by atoms with Crippen molar-refractivity contribution in [1.82, 2.24) is 0 Å². The summed E-state index contributed by atoms with van der Waals surface area (Å²) >= 11 is 5.94. The van der Waals surface area contributed by atoms with E-state index in [1.54, 1.807) is 12.1 Å². The number of halogens is 3. The summed E-state index contributed by atoms with van der Waals surface area (Å²) in [5.74, 6) is -0.369. The van der Waals surface area contributed by atoms with E-state index in [2.05, 4.69) is 72.8 Å². The van der Waals surface area contributed by atoms with Gasteiger partial charge in [-0.05, 0) is 54.1 Å². The minimum Gasteiger partial charge on any atom is -1.00 e. The topological polar surface area (TPSA) is 0 Å². The van der Waals surface area contributed by atoms with Crippen LogP contribution in [0.15, 0.2) is 109 Å². The Morgan fingerprint density at radius 3 is 1.41 bits per heavy atom. The number of hydrogen-bond acceptors (Lipinski definition) is 0. The maximum atomic E-state index is 14.2. The van der Waals surface area contributed by atoms with Crippen LogP contribution in [-0.4, -0.2) is 0 Å². The molecule has 0 heterocycles. The predicted molar refractivity (Wildman–Crippen MR) is 120 cm³/mol. The second-order valence-corrected chi connectivity index (χ2v) is 10.6. The quantitative estimate of drug-likeness (QED) is 0.381. The maximum Gasteiger partial charge on any atom is 0.142 e. The standard InChI is InChI=1S/C25H20ClFP.BrH/c26-24-17-16-20(18-25(24)27)19-28(21-10-4-1-5-11-21,22-12-6-2-7-13-22)23-14-8-3-9-15-23;/h1-18H,19H2;1H/q+1;/p-1. The molecule has 0 amide bonds. The highest BCUT2D eigenvalue weighted by molar-refractivity contribution is 7.95. The van der Waals surface area contributed by atoms with E-state index in [1.165, 1.54) is 15.9 Å². The fourth-order valence-corrected chi connectivity index (χ4v) is 8.03. The molecule has 146 valence electrons. The van der Waals surface area contributed by atoms with Crippen molar-refractivity contribution in [2.45, 2.75) is 6.16 Å². The molecule has 0 N–H and O–H groups in total. The summed E-state index contributed by atoms with van der Waals surface area (Å²) in [6.45, 7) is 0. The molecule has 29 heavy (non-hydrogen) atoms. The molecule has 0 saturated carbocycles. The molecule has 0 fully saturated rings. The Bertz CT molecular complexity index is 959. The van der Waals surface area contributed by atoms with Crippen molar-refractivity contribution in [3.05, 3.63) is 126 Å². The Labute approximate surface area is 187 Å². The van der Waals surface area contributed by atoms with Crippen molar-refractivity contribution >= 4 is 34.8 Å². The molecule has 0 unspecified atom stereocenters. The van der Waals surface area contributed by atoms with Crippen LogP contribution in [0.5, 0.6) is 0 Å². The largest absolute Gasteiger partial charge is 1.00 e. The first-order valence-electron chi connectivity index (χ1n) is 9.19. The van der Waals surface area contributed by atoms with Gasteiger partial charge in [0.25, 0.3) is 0 Å². The van der Waals surface area contributed by atoms with Crippen LogP contribution in [-0.2, 0) is 6.16 Å². The van der Waals surface area contributed by atoms with Crippen LogP contribution in [0.2, 0.25) is 5.02 Å². The van der Waals surface area contributed by atoms with Gasteiger partial charge < -0.3 is 17.0 Å². The van der Waals surface area contributed by atoms with Crippen molar-refractivity contribution < 1.29 is 21.4 Å². The summed E-state index contributed by atoms with van der Waals surface area (Å²) < 4.78 is 14.2. The van der Waals surface area contributed by atoms with Crippen LogP contribution in [0.25, 0.3) is 0 Å². The fourth-order valence-electron chi connectivity index (χ4n) is 3.68. The summed E-state index contributed by atoms with van der Waals surface area (Å²) in [6.07, 6.45) is 0.735. The van der Waals surface area contributed by atoms with Crippen molar-refractivity contribution in [3.63, 3.8) is 0 Å². The second kappa shape index (κ2) is 9.67. The first kappa shape index (κ1) is 21.7. The molecular weight excluding hydrogens is 466 g/mol. The minimum atomic E-state index is -2.02. The average molecular weight is 486 g/mol. The molecule has 4 aromatic rings. The van der Waals surface area contributed by atoms with E-state index in [1.807, 2.05) is 24.3 Å². The monoisotopic (exact) mass is 484 g/mol. The van der Waals surface area contributed by atoms with Crippen LogP contribution in [0.3, 0.4) is 0 Å². The molecule has 0 aliphatic rings. The van der Waals surface area contributed by atoms with Gasteiger partial charge in [0.15, 0.2) is 0 Å². The highest BCUT2D eigenvalue weighted by Crippen LogP contribution is 2.58. The summed E-state index contributed by atoms with van der Waals surface area (Å²) in [5, 5.41) is 4.00. The fraction of sp³-hybridized carbons (Fsp3) is 0.0400. The molecule has 0 saturated heterocycles. The first-order chi connectivity index (χ1) is 13.7. The van der Waals surface area contributed by atoms with Gasteiger partial charge in [0.2, 0.25) is 0 Å². The lowest BCUT2D eigenvalue weighted by molar-refractivity contribution is -0.00000595. The smallest absolute Gasteiger partial charge is 0.142 e. The summed E-state index contributed by atoms with van der Waals surface area (Å²) in [5.41, 5.74) is 0.951. The summed E-state index contributed by atoms with van der Waals surface area (Å²) in [4.78, 5) is 0. The van der Waals surface area contributed by atoms with E-state index < -0.39 is 7.26 Å². The Kier molecular flexibility index (Phi) is 7.24. The van der Waals surface area contributed by atoms with Gasteiger partial charge in [0.05, 0.1) is 11.2 Å². The SMILES string of the molecule is Fc1cc(C[P+](c2ccccc2)(c2ccccc2)c2ccccc2)ccc1Cl.[Br-]. The highest BCUT2D eigenvalue weighted by atomic mass is 79.9. The van der Waals surface area contributed by atoms with E-state index in [-0.39, 0.29) is 27.8 Å². The summed E-state index contributed by atoms with van der Waals surface area (Å²) in [6, 6.07) is 36.9. The van der Waals surface area contributed by atoms with E-state index in [9.17, 15) is 4.39 Å². The molecule has 0 nitrogen and oxygen atoms in total. The van der Waals surface area contributed by atoms with Gasteiger partial charge in [-0.15, -0.1) is 0 Å². The maximum absolute atomic E-state index is 14.2. The third kappa shape index (κ3) is 4.46. The molecule has 4 aromatic carbocycles. The van der Waals surface area contributed by atoms with Gasteiger partial charge in [-0.1, -0.05) is 72.3 Å². The minimum absolute atomic E-state index is 0. The lowest BCUT2D eigenvalue weighted by Gasteiger charge is -2.27. The van der Waals surface area contributed by atoms with Gasteiger partial charge in [-0.25, -0.2) is 4.39 Å². The molecule has 4 rings (SSSR count). The molecule has 0 aromatic heterocycles. The zero-order valence-electron chi connectivity index (χ0n) is 15.7. The molecule has 0 spiro atoms. The third-order valence-electron chi connectivity index (χ3n) is 4.99. The molecular formula is C25H20BrClFP. The Hall–Kier alpha value is -1.99. The zero-order valence-corrected chi connectivity index (χ0v) is 18.9. The normalized spacial score (nSPS) is 11.0. The van der Waals surface area contributed by atoms with Crippen LogP contribution >= 0.6 is 18.9 Å². The van der Waals surface area contributed by atoms with Crippen molar-refractivity contribution in [3.8, 4) is 0 Å². The van der Waals surface area contributed by atoms with Gasteiger partial charge >= 0.3 is 0 Å². The van der Waals surface area contributed by atoms with Crippen LogP contribution in [0.1, 0.15) is 5.56 Å². The Morgan fingerprint density at radius 2 is 1.03 bits per heavy atom. The van der Waals surface area contributed by atoms with Crippen molar-refractivity contribution in [2.24, 2.45) is 0 Å². The van der Waals surface area contributed by atoms with Gasteiger partial charge in [0, 0.05) is 0 Å². The first-order valence-corrected chi connectivity index (χ1v) is 11.5. The van der Waals surface area contributed by atoms with Crippen molar-refractivity contribution in [1.29, 1.82) is 0 Å². The molecule has 4 heteroatoms. The molecule has 0 aliphatic heterocycles. The van der Waals surface area contributed by atoms with E-state index in [0.717, 1.165) is 11.7 Å². The number of benzene rings is 4. The van der Waals surface area contributed by atoms with Gasteiger partial charge in [-0.2, -0.15) is 0 Å². The second-order valence-electron chi connectivity index (χ2n) is 6.72. The lowest BCUT2D eigenvalue weighted by Crippen LogP contribution is -3.00. The number of rotatable bonds is 5. The molecule has 0 radical (unpaired) electrons. The molecule has 0 aliphatic carbocycles. The van der Waals surface area contributed by atoms with Crippen LogP contribution < -0.4 is 32.9 Å². The highest BCUT2D eigenvalue weighted by Gasteiger charge is 2.45. The van der Waals surface area contributed by atoms with E-state index in [0.29, 0.717) is 0 Å². The molecule has 0 bridgehead atoms. The van der Waals surface area contributed by atoms with Crippen molar-refractivity contribution in [2.75, 3.05) is 0 Å². The Morgan fingerprint density at radius 1 is 0.621 bits per heavy atom. The van der Waals surface area contributed by atoms with Crippen LogP contribution in [0.4, 0.5) is 4.39 Å². The third-order valence-corrected chi connectivity index (χ3v) is 9.68. The lowest BCUT2D eigenvalue weighted by atomic mass is 10.2. The molecule has 0 atom stereocenters. The Balaban J connectivity index is 0.00000240. The average Bonchev–Trinajstić information content (AvgIpc) is 2.76.